The number of hydrogen-bond acceptors (Lipinski definition) is 6. The number of Topliss-reactive ketones (excluding diaryl/α,β-unsaturated/α-hetero) is 1. The van der Waals surface area contributed by atoms with E-state index < -0.39 is 23.3 Å². The molecule has 7 nitrogen and oxygen atoms in total. The Morgan fingerprint density at radius 2 is 1.76 bits per heavy atom. The quantitative estimate of drug-likeness (QED) is 0.346. The molecule has 1 aromatic carbocycles. The largest absolute Gasteiger partial charge is 0.443 e. The molecule has 0 bridgehead atoms. The Labute approximate surface area is 168 Å². The Morgan fingerprint density at radius 1 is 1.14 bits per heavy atom. The number of rotatable bonds is 5. The lowest BCUT2D eigenvalue weighted by molar-refractivity contribution is 0.0569. The van der Waals surface area contributed by atoms with Crippen molar-refractivity contribution < 1.29 is 23.9 Å². The van der Waals surface area contributed by atoms with Gasteiger partial charge in [-0.15, -0.1) is 0 Å². The second kappa shape index (κ2) is 8.81. The summed E-state index contributed by atoms with van der Waals surface area (Å²) in [6.45, 7) is 8.85. The van der Waals surface area contributed by atoms with Crippen LogP contribution in [0, 0.1) is 5.82 Å². The van der Waals surface area contributed by atoms with Crippen LogP contribution in [-0.4, -0.2) is 39.4 Å². The lowest BCUT2D eigenvalue weighted by atomic mass is 10.0. The zero-order valence-corrected chi connectivity index (χ0v) is 17.0. The summed E-state index contributed by atoms with van der Waals surface area (Å²) in [4.78, 5) is 30.8. The van der Waals surface area contributed by atoms with Gasteiger partial charge in [-0.2, -0.15) is 0 Å². The van der Waals surface area contributed by atoms with E-state index in [0.717, 1.165) is 12.1 Å². The molecule has 2 aromatic rings. The predicted octanol–water partition coefficient (Wildman–Crippen LogP) is 4.43. The number of halogens is 1. The van der Waals surface area contributed by atoms with E-state index in [1.54, 1.807) is 34.6 Å². The molecule has 0 aliphatic carbocycles. The standard InChI is InChI=1S/C21H24FN3O4/c1-13(2)25(20(27)29-21(3,4)5)17-12-15(10-11-23-17)18(24-28)19(26)14-6-8-16(22)9-7-14/h6-13,28H,1-5H3/b24-18+. The van der Waals surface area contributed by atoms with Crippen LogP contribution in [0.15, 0.2) is 47.8 Å². The SMILES string of the molecule is CC(C)N(C(=O)OC(C)(C)C)c1cc(/C(=N\O)C(=O)c2ccc(F)cc2)ccn1. The highest BCUT2D eigenvalue weighted by atomic mass is 19.1. The molecular formula is C21H24FN3O4. The minimum absolute atomic E-state index is 0.158. The lowest BCUT2D eigenvalue weighted by Gasteiger charge is -2.29. The number of oxime groups is 1. The average molecular weight is 401 g/mol. The van der Waals surface area contributed by atoms with Crippen LogP contribution < -0.4 is 4.90 Å². The summed E-state index contributed by atoms with van der Waals surface area (Å²) in [7, 11) is 0. The van der Waals surface area contributed by atoms with E-state index in [0.29, 0.717) is 0 Å². The van der Waals surface area contributed by atoms with E-state index in [-0.39, 0.29) is 28.7 Å². The van der Waals surface area contributed by atoms with Crippen molar-refractivity contribution in [3.8, 4) is 0 Å². The number of benzene rings is 1. The van der Waals surface area contributed by atoms with Crippen molar-refractivity contribution in [3.63, 3.8) is 0 Å². The van der Waals surface area contributed by atoms with Gasteiger partial charge in [-0.25, -0.2) is 14.2 Å². The minimum Gasteiger partial charge on any atom is -0.443 e. The van der Waals surface area contributed by atoms with Crippen LogP contribution >= 0.6 is 0 Å². The van der Waals surface area contributed by atoms with Crippen molar-refractivity contribution in [1.29, 1.82) is 0 Å². The molecule has 0 atom stereocenters. The van der Waals surface area contributed by atoms with Gasteiger partial charge in [0.1, 0.15) is 17.2 Å². The maximum Gasteiger partial charge on any atom is 0.416 e. The summed E-state index contributed by atoms with van der Waals surface area (Å²) in [6.07, 6.45) is 0.803. The van der Waals surface area contributed by atoms with Crippen LogP contribution in [0.25, 0.3) is 0 Å². The second-order valence-electron chi connectivity index (χ2n) is 7.63. The maximum atomic E-state index is 13.1. The van der Waals surface area contributed by atoms with Crippen molar-refractivity contribution in [3.05, 3.63) is 59.5 Å². The van der Waals surface area contributed by atoms with Crippen LogP contribution in [0.3, 0.4) is 0 Å². The van der Waals surface area contributed by atoms with E-state index in [4.69, 9.17) is 4.74 Å². The number of ether oxygens (including phenoxy) is 1. The number of carbonyl (C=O) groups is 2. The first-order chi connectivity index (χ1) is 13.5. The molecule has 8 heteroatoms. The summed E-state index contributed by atoms with van der Waals surface area (Å²) in [5, 5.41) is 12.6. The molecule has 0 spiro atoms. The Balaban J connectivity index is 2.40. The molecule has 0 aliphatic heterocycles. The number of hydrogen-bond donors (Lipinski definition) is 1. The monoisotopic (exact) mass is 401 g/mol. The first-order valence-corrected chi connectivity index (χ1v) is 9.04. The fourth-order valence-corrected chi connectivity index (χ4v) is 2.55. The molecule has 2 rings (SSSR count). The van der Waals surface area contributed by atoms with Crippen molar-refractivity contribution in [2.75, 3.05) is 4.90 Å². The molecule has 29 heavy (non-hydrogen) atoms. The van der Waals surface area contributed by atoms with Crippen LogP contribution in [0.4, 0.5) is 15.0 Å². The first-order valence-electron chi connectivity index (χ1n) is 9.04. The molecule has 0 fully saturated rings. The van der Waals surface area contributed by atoms with Gasteiger partial charge in [0.2, 0.25) is 5.78 Å². The number of nitrogens with zero attached hydrogens (tertiary/aromatic N) is 3. The van der Waals surface area contributed by atoms with E-state index in [1.807, 2.05) is 0 Å². The number of ketones is 1. The van der Waals surface area contributed by atoms with Crippen molar-refractivity contribution in [2.45, 2.75) is 46.3 Å². The minimum atomic E-state index is -0.696. The third-order valence-corrected chi connectivity index (χ3v) is 3.79. The van der Waals surface area contributed by atoms with Gasteiger partial charge in [-0.05, 0) is 71.0 Å². The van der Waals surface area contributed by atoms with E-state index in [2.05, 4.69) is 10.1 Å². The van der Waals surface area contributed by atoms with E-state index >= 15 is 0 Å². The number of aromatic nitrogens is 1. The van der Waals surface area contributed by atoms with Gasteiger partial charge in [0.15, 0.2) is 5.71 Å². The van der Waals surface area contributed by atoms with Crippen molar-refractivity contribution in [1.82, 2.24) is 4.98 Å². The maximum absolute atomic E-state index is 13.1. The van der Waals surface area contributed by atoms with Gasteiger partial charge in [-0.3, -0.25) is 9.69 Å². The molecule has 1 heterocycles. The Hall–Kier alpha value is -3.29. The number of anilines is 1. The van der Waals surface area contributed by atoms with Crippen LogP contribution in [0.2, 0.25) is 0 Å². The topological polar surface area (TPSA) is 92.1 Å². The van der Waals surface area contributed by atoms with Gasteiger partial charge in [0.25, 0.3) is 0 Å². The number of pyridine rings is 1. The molecule has 0 saturated carbocycles. The highest BCUT2D eigenvalue weighted by molar-refractivity contribution is 6.51. The van der Waals surface area contributed by atoms with E-state index in [1.165, 1.54) is 35.4 Å². The van der Waals surface area contributed by atoms with Gasteiger partial charge in [0.05, 0.1) is 0 Å². The van der Waals surface area contributed by atoms with Gasteiger partial charge in [0, 0.05) is 23.4 Å². The molecular weight excluding hydrogens is 377 g/mol. The lowest BCUT2D eigenvalue weighted by Crippen LogP contribution is -2.41. The number of amides is 1. The van der Waals surface area contributed by atoms with Gasteiger partial charge >= 0.3 is 6.09 Å². The van der Waals surface area contributed by atoms with Gasteiger partial charge in [-0.1, -0.05) is 5.16 Å². The average Bonchev–Trinajstić information content (AvgIpc) is 2.61. The summed E-state index contributed by atoms with van der Waals surface area (Å²) in [5.74, 6) is -0.849. The Morgan fingerprint density at radius 3 is 2.28 bits per heavy atom. The molecule has 0 radical (unpaired) electrons. The molecule has 0 saturated heterocycles. The Kier molecular flexibility index (Phi) is 6.68. The first kappa shape index (κ1) is 22.0. The van der Waals surface area contributed by atoms with E-state index in [9.17, 15) is 19.2 Å². The zero-order chi connectivity index (χ0) is 21.8. The van der Waals surface area contributed by atoms with Crippen LogP contribution in [0.1, 0.15) is 50.5 Å². The Bertz CT molecular complexity index is 918. The molecule has 1 N–H and O–H groups in total. The molecule has 1 amide bonds. The fourth-order valence-electron chi connectivity index (χ4n) is 2.55. The highest BCUT2D eigenvalue weighted by Crippen LogP contribution is 2.21. The normalized spacial score (nSPS) is 12.0. The summed E-state index contributed by atoms with van der Waals surface area (Å²) < 4.78 is 18.6. The van der Waals surface area contributed by atoms with Gasteiger partial charge < -0.3 is 9.94 Å². The molecule has 0 aliphatic rings. The zero-order valence-electron chi connectivity index (χ0n) is 17.0. The highest BCUT2D eigenvalue weighted by Gasteiger charge is 2.27. The van der Waals surface area contributed by atoms with Crippen LogP contribution in [-0.2, 0) is 4.74 Å². The molecule has 0 unspecified atom stereocenters. The summed E-state index contributed by atoms with van der Waals surface area (Å²) in [5.41, 5.74) is -0.544. The van der Waals surface area contributed by atoms with Crippen LogP contribution in [0.5, 0.6) is 0 Å². The molecule has 154 valence electrons. The predicted molar refractivity (Wildman–Crippen MR) is 107 cm³/mol. The van der Waals surface area contributed by atoms with Crippen molar-refractivity contribution in [2.24, 2.45) is 5.16 Å². The summed E-state index contributed by atoms with van der Waals surface area (Å²) in [6, 6.07) is 7.54. The smallest absolute Gasteiger partial charge is 0.416 e. The fraction of sp³-hybridized carbons (Fsp3) is 0.333. The van der Waals surface area contributed by atoms with Crippen molar-refractivity contribution >= 4 is 23.4 Å². The third kappa shape index (κ3) is 5.60. The summed E-state index contributed by atoms with van der Waals surface area (Å²) >= 11 is 0. The third-order valence-electron chi connectivity index (χ3n) is 3.79. The molecule has 1 aromatic heterocycles. The second-order valence-corrected chi connectivity index (χ2v) is 7.63. The number of carbonyl (C=O) groups excluding carboxylic acids is 2.